The second kappa shape index (κ2) is 8.40. The highest BCUT2D eigenvalue weighted by atomic mass is 32.2. The smallest absolute Gasteiger partial charge is 0.262 e. The van der Waals surface area contributed by atoms with Crippen molar-refractivity contribution < 1.29 is 21.8 Å². The molecule has 1 aliphatic rings. The number of sulfonamides is 1. The summed E-state index contributed by atoms with van der Waals surface area (Å²) in [6.07, 6.45) is 1.31. The van der Waals surface area contributed by atoms with E-state index >= 15 is 0 Å². The van der Waals surface area contributed by atoms with Gasteiger partial charge in [-0.15, -0.1) is 0 Å². The van der Waals surface area contributed by atoms with Gasteiger partial charge in [-0.1, -0.05) is 18.2 Å². The first-order valence-electron chi connectivity index (χ1n) is 8.77. The summed E-state index contributed by atoms with van der Waals surface area (Å²) in [4.78, 5) is 14.2. The summed E-state index contributed by atoms with van der Waals surface area (Å²) in [5.41, 5.74) is 0.0668. The normalized spacial score (nSPS) is 19.8. The topological polar surface area (TPSA) is 83.6 Å². The van der Waals surface area contributed by atoms with Gasteiger partial charge < -0.3 is 4.90 Å². The first-order valence-corrected chi connectivity index (χ1v) is 11.7. The molecule has 6 nitrogen and oxygen atoms in total. The Bertz CT molecular complexity index is 1000. The standard InChI is InChI=1S/C19H21FN2O4S2/c1-22(15-9-11-27(24)12-10-15)19(23)14-5-4-6-16(13-14)28(25,26)21-18-8-3-2-7-17(18)20/h2-8,13,15,21H,9-12H2,1H3. The van der Waals surface area contributed by atoms with Crippen LogP contribution in [0, 0.1) is 5.82 Å². The number of carbonyl (C=O) groups excluding carboxylic acids is 1. The number of rotatable bonds is 5. The zero-order chi connectivity index (χ0) is 20.3. The molecule has 3 rings (SSSR count). The molecular formula is C19H21FN2O4S2. The third-order valence-electron chi connectivity index (χ3n) is 4.74. The van der Waals surface area contributed by atoms with E-state index in [4.69, 9.17) is 0 Å². The number of benzene rings is 2. The summed E-state index contributed by atoms with van der Waals surface area (Å²) in [5.74, 6) is 0.125. The minimum atomic E-state index is -4.05. The molecule has 0 bridgehead atoms. The third-order valence-corrected chi connectivity index (χ3v) is 7.48. The Morgan fingerprint density at radius 2 is 1.82 bits per heavy atom. The molecule has 1 N–H and O–H groups in total. The second-order valence-electron chi connectivity index (χ2n) is 6.61. The Kier molecular flexibility index (Phi) is 6.14. The first kappa shape index (κ1) is 20.5. The summed E-state index contributed by atoms with van der Waals surface area (Å²) < 4.78 is 52.7. The highest BCUT2D eigenvalue weighted by Crippen LogP contribution is 2.21. The second-order valence-corrected chi connectivity index (χ2v) is 9.99. The van der Waals surface area contributed by atoms with Gasteiger partial charge in [0.2, 0.25) is 0 Å². The van der Waals surface area contributed by atoms with Crippen LogP contribution < -0.4 is 4.72 Å². The van der Waals surface area contributed by atoms with Gasteiger partial charge in [0.05, 0.1) is 10.6 Å². The van der Waals surface area contributed by atoms with Crippen LogP contribution in [0.4, 0.5) is 10.1 Å². The summed E-state index contributed by atoms with van der Waals surface area (Å²) in [6, 6.07) is 11.1. The molecule has 0 atom stereocenters. The fraction of sp³-hybridized carbons (Fsp3) is 0.316. The van der Waals surface area contributed by atoms with E-state index in [2.05, 4.69) is 4.72 Å². The molecule has 2 aromatic carbocycles. The first-order chi connectivity index (χ1) is 13.3. The number of hydrogen-bond donors (Lipinski definition) is 1. The van der Waals surface area contributed by atoms with Crippen LogP contribution in [0.15, 0.2) is 53.4 Å². The van der Waals surface area contributed by atoms with Gasteiger partial charge in [0.1, 0.15) is 5.82 Å². The number of nitrogens with one attached hydrogen (secondary N) is 1. The van der Waals surface area contributed by atoms with E-state index in [0.717, 1.165) is 6.07 Å². The number of para-hydroxylation sites is 1. The predicted molar refractivity (Wildman–Crippen MR) is 107 cm³/mol. The summed E-state index contributed by atoms with van der Waals surface area (Å²) in [5, 5.41) is 0. The summed E-state index contributed by atoms with van der Waals surface area (Å²) >= 11 is 0. The molecule has 28 heavy (non-hydrogen) atoms. The van der Waals surface area contributed by atoms with Gasteiger partial charge in [0.25, 0.3) is 15.9 Å². The SMILES string of the molecule is CN(C(=O)c1cccc(S(=O)(=O)Nc2ccccc2F)c1)C1CCS(=O)CC1. The molecule has 0 aliphatic carbocycles. The van der Waals surface area contributed by atoms with Crippen molar-refractivity contribution in [2.75, 3.05) is 23.3 Å². The average molecular weight is 425 g/mol. The van der Waals surface area contributed by atoms with Crippen molar-refractivity contribution in [2.45, 2.75) is 23.8 Å². The van der Waals surface area contributed by atoms with E-state index in [1.165, 1.54) is 36.4 Å². The molecule has 0 radical (unpaired) electrons. The van der Waals surface area contributed by atoms with Gasteiger partial charge in [0, 0.05) is 41.0 Å². The van der Waals surface area contributed by atoms with E-state index in [0.29, 0.717) is 24.3 Å². The molecule has 1 amide bonds. The van der Waals surface area contributed by atoms with Gasteiger partial charge >= 0.3 is 0 Å². The molecule has 2 aromatic rings. The number of carbonyl (C=O) groups is 1. The lowest BCUT2D eigenvalue weighted by molar-refractivity contribution is 0.0722. The van der Waals surface area contributed by atoms with Gasteiger partial charge in [0.15, 0.2) is 0 Å². The molecule has 9 heteroatoms. The van der Waals surface area contributed by atoms with Crippen LogP contribution >= 0.6 is 0 Å². The molecule has 1 heterocycles. The van der Waals surface area contributed by atoms with Crippen LogP contribution in [0.25, 0.3) is 0 Å². The van der Waals surface area contributed by atoms with Crippen molar-refractivity contribution in [2.24, 2.45) is 0 Å². The maximum Gasteiger partial charge on any atom is 0.262 e. The summed E-state index contributed by atoms with van der Waals surface area (Å²) in [6.45, 7) is 0. The lowest BCUT2D eigenvalue weighted by Gasteiger charge is -2.31. The van der Waals surface area contributed by atoms with E-state index in [1.54, 1.807) is 18.0 Å². The molecule has 0 unspecified atom stereocenters. The van der Waals surface area contributed by atoms with E-state index < -0.39 is 26.6 Å². The molecule has 1 saturated heterocycles. The van der Waals surface area contributed by atoms with Crippen molar-refractivity contribution >= 4 is 32.4 Å². The van der Waals surface area contributed by atoms with E-state index in [1.807, 2.05) is 0 Å². The fourth-order valence-electron chi connectivity index (χ4n) is 3.08. The van der Waals surface area contributed by atoms with Crippen LogP contribution in [0.2, 0.25) is 0 Å². The number of halogens is 1. The van der Waals surface area contributed by atoms with Crippen LogP contribution in [-0.2, 0) is 20.8 Å². The van der Waals surface area contributed by atoms with E-state index in [-0.39, 0.29) is 28.1 Å². The molecule has 0 saturated carbocycles. The lowest BCUT2D eigenvalue weighted by atomic mass is 10.1. The maximum atomic E-state index is 13.8. The van der Waals surface area contributed by atoms with Crippen LogP contribution in [0.1, 0.15) is 23.2 Å². The zero-order valence-electron chi connectivity index (χ0n) is 15.3. The Labute approximate surface area is 166 Å². The van der Waals surface area contributed by atoms with Crippen molar-refractivity contribution in [3.05, 3.63) is 59.9 Å². The largest absolute Gasteiger partial charge is 0.339 e. The summed E-state index contributed by atoms with van der Waals surface area (Å²) in [7, 11) is -3.21. The Morgan fingerprint density at radius 1 is 1.14 bits per heavy atom. The van der Waals surface area contributed by atoms with Gasteiger partial charge in [-0.25, -0.2) is 12.8 Å². The molecular weight excluding hydrogens is 403 g/mol. The fourth-order valence-corrected chi connectivity index (χ4v) is 5.47. The minimum absolute atomic E-state index is 0.0259. The number of nitrogens with zero attached hydrogens (tertiary/aromatic N) is 1. The Morgan fingerprint density at radius 3 is 2.50 bits per heavy atom. The molecule has 0 aromatic heterocycles. The van der Waals surface area contributed by atoms with Crippen LogP contribution in [-0.4, -0.2) is 48.0 Å². The number of hydrogen-bond acceptors (Lipinski definition) is 4. The average Bonchev–Trinajstić information content (AvgIpc) is 2.69. The number of amides is 1. The van der Waals surface area contributed by atoms with Gasteiger partial charge in [-0.3, -0.25) is 13.7 Å². The maximum absolute atomic E-state index is 13.8. The monoisotopic (exact) mass is 424 g/mol. The number of anilines is 1. The van der Waals surface area contributed by atoms with Crippen LogP contribution in [0.3, 0.4) is 0 Å². The molecule has 150 valence electrons. The van der Waals surface area contributed by atoms with E-state index in [9.17, 15) is 21.8 Å². The molecule has 1 fully saturated rings. The van der Waals surface area contributed by atoms with Crippen molar-refractivity contribution in [3.63, 3.8) is 0 Å². The quantitative estimate of drug-likeness (QED) is 0.800. The van der Waals surface area contributed by atoms with Crippen molar-refractivity contribution in [1.82, 2.24) is 4.90 Å². The van der Waals surface area contributed by atoms with Gasteiger partial charge in [-0.05, 0) is 43.2 Å². The predicted octanol–water partition coefficient (Wildman–Crippen LogP) is 2.61. The highest BCUT2D eigenvalue weighted by Gasteiger charge is 2.26. The lowest BCUT2D eigenvalue weighted by Crippen LogP contribution is -2.41. The Balaban J connectivity index is 1.80. The van der Waals surface area contributed by atoms with Crippen LogP contribution in [0.5, 0.6) is 0 Å². The zero-order valence-corrected chi connectivity index (χ0v) is 16.9. The van der Waals surface area contributed by atoms with Crippen molar-refractivity contribution in [1.29, 1.82) is 0 Å². The van der Waals surface area contributed by atoms with Gasteiger partial charge in [-0.2, -0.15) is 0 Å². The van der Waals surface area contributed by atoms with Crippen molar-refractivity contribution in [3.8, 4) is 0 Å². The molecule has 0 spiro atoms. The molecule has 1 aliphatic heterocycles. The minimum Gasteiger partial charge on any atom is -0.339 e. The Hall–Kier alpha value is -2.26. The third kappa shape index (κ3) is 4.59. The highest BCUT2D eigenvalue weighted by molar-refractivity contribution is 7.92.